The van der Waals surface area contributed by atoms with Gasteiger partial charge >= 0.3 is 0 Å². The minimum Gasteiger partial charge on any atom is -0.350 e. The molecule has 2 aromatic carbocycles. The van der Waals surface area contributed by atoms with Gasteiger partial charge in [0.25, 0.3) is 5.91 Å². The van der Waals surface area contributed by atoms with E-state index in [0.717, 1.165) is 16.2 Å². The number of nitrogens with one attached hydrogen (secondary N) is 1. The van der Waals surface area contributed by atoms with Crippen LogP contribution in [-0.4, -0.2) is 41.8 Å². The molecule has 1 N–H and O–H groups in total. The van der Waals surface area contributed by atoms with Gasteiger partial charge in [-0.3, -0.25) is 4.79 Å². The van der Waals surface area contributed by atoms with Crippen LogP contribution in [0.3, 0.4) is 0 Å². The smallest absolute Gasteiger partial charge is 0.252 e. The second kappa shape index (κ2) is 8.63. The normalized spacial score (nSPS) is 12.5. The molecule has 1 atom stereocenters. The highest BCUT2D eigenvalue weighted by atomic mass is 32.2. The Balaban J connectivity index is 1.83. The molecule has 0 saturated carbocycles. The second-order valence-corrected chi connectivity index (χ2v) is 8.14. The van der Waals surface area contributed by atoms with Crippen LogP contribution >= 0.6 is 11.8 Å². The lowest BCUT2D eigenvalue weighted by atomic mass is 10.0. The molecule has 0 aliphatic rings. The van der Waals surface area contributed by atoms with Crippen LogP contribution in [-0.2, 0) is 7.05 Å². The summed E-state index contributed by atoms with van der Waals surface area (Å²) in [6, 6.07) is 16.3. The van der Waals surface area contributed by atoms with Crippen molar-refractivity contribution < 1.29 is 4.79 Å². The lowest BCUT2D eigenvalue weighted by Crippen LogP contribution is -2.34. The third-order valence-corrected chi connectivity index (χ3v) is 5.75. The number of thioether (sulfide) groups is 1. The van der Waals surface area contributed by atoms with E-state index in [2.05, 4.69) is 73.3 Å². The van der Waals surface area contributed by atoms with Crippen molar-refractivity contribution in [3.8, 4) is 0 Å². The van der Waals surface area contributed by atoms with Crippen molar-refractivity contribution >= 4 is 28.6 Å². The molecular weight excluding hydrogens is 354 g/mol. The van der Waals surface area contributed by atoms with Crippen molar-refractivity contribution in [3.63, 3.8) is 0 Å². The van der Waals surface area contributed by atoms with Gasteiger partial charge in [-0.25, -0.2) is 0 Å². The summed E-state index contributed by atoms with van der Waals surface area (Å²) in [6.45, 7) is 2.66. The highest BCUT2D eigenvalue weighted by Crippen LogP contribution is 2.28. The summed E-state index contributed by atoms with van der Waals surface area (Å²) >= 11 is 1.70. The van der Waals surface area contributed by atoms with E-state index in [0.29, 0.717) is 6.54 Å². The molecule has 3 rings (SSSR count). The number of carbonyl (C=O) groups is 1. The first-order valence-corrected chi connectivity index (χ1v) is 10.2. The number of likely N-dealkylation sites (N-methyl/N-ethyl adjacent to an activating group) is 1. The summed E-state index contributed by atoms with van der Waals surface area (Å²) in [5, 5.41) is 4.38. The topological polar surface area (TPSA) is 37.3 Å². The van der Waals surface area contributed by atoms with Gasteiger partial charge in [-0.1, -0.05) is 37.3 Å². The molecule has 0 unspecified atom stereocenters. The first-order chi connectivity index (χ1) is 13.0. The zero-order chi connectivity index (χ0) is 19.4. The zero-order valence-electron chi connectivity index (χ0n) is 16.4. The van der Waals surface area contributed by atoms with Gasteiger partial charge in [0.2, 0.25) is 0 Å². The number of carbonyl (C=O) groups excluding carboxylic acids is 1. The van der Waals surface area contributed by atoms with Gasteiger partial charge in [0, 0.05) is 35.6 Å². The number of nitrogens with zero attached hydrogens (tertiary/aromatic N) is 2. The first kappa shape index (κ1) is 19.5. The fraction of sp³-hybridized carbons (Fsp3) is 0.318. The van der Waals surface area contributed by atoms with Gasteiger partial charge < -0.3 is 14.8 Å². The number of hydrogen-bond donors (Lipinski definition) is 1. The van der Waals surface area contributed by atoms with Crippen molar-refractivity contribution in [2.24, 2.45) is 7.05 Å². The largest absolute Gasteiger partial charge is 0.350 e. The van der Waals surface area contributed by atoms with Gasteiger partial charge in [-0.2, -0.15) is 0 Å². The molecule has 27 heavy (non-hydrogen) atoms. The van der Waals surface area contributed by atoms with Crippen LogP contribution in [0.25, 0.3) is 10.9 Å². The average molecular weight is 382 g/mol. The van der Waals surface area contributed by atoms with Crippen LogP contribution in [0, 0.1) is 0 Å². The SMILES string of the molecule is CCSc1ccccc1C(=O)NC[C@H](c1cn(C)c2ccccc12)N(C)C. The molecule has 0 aliphatic carbocycles. The number of aryl methyl sites for hydroxylation is 1. The molecule has 0 radical (unpaired) electrons. The monoisotopic (exact) mass is 381 g/mol. The Morgan fingerprint density at radius 2 is 1.85 bits per heavy atom. The Morgan fingerprint density at radius 1 is 1.15 bits per heavy atom. The number of rotatable bonds is 7. The molecule has 4 nitrogen and oxygen atoms in total. The maximum atomic E-state index is 12.8. The Hall–Kier alpha value is -2.24. The number of fused-ring (bicyclic) bond motifs is 1. The number of amides is 1. The van der Waals surface area contributed by atoms with Crippen LogP contribution < -0.4 is 5.32 Å². The quantitative estimate of drug-likeness (QED) is 0.619. The van der Waals surface area contributed by atoms with E-state index in [-0.39, 0.29) is 11.9 Å². The van der Waals surface area contributed by atoms with Crippen molar-refractivity contribution in [1.29, 1.82) is 0 Å². The Bertz CT molecular complexity index is 932. The number of hydrogen-bond acceptors (Lipinski definition) is 3. The average Bonchev–Trinajstić information content (AvgIpc) is 2.99. The molecule has 0 fully saturated rings. The fourth-order valence-corrected chi connectivity index (χ4v) is 4.23. The van der Waals surface area contributed by atoms with E-state index in [1.54, 1.807) is 11.8 Å². The molecule has 1 heterocycles. The molecule has 1 aromatic heterocycles. The van der Waals surface area contributed by atoms with E-state index < -0.39 is 0 Å². The highest BCUT2D eigenvalue weighted by molar-refractivity contribution is 7.99. The molecule has 0 aliphatic heterocycles. The molecule has 142 valence electrons. The zero-order valence-corrected chi connectivity index (χ0v) is 17.2. The second-order valence-electron chi connectivity index (χ2n) is 6.83. The molecule has 0 spiro atoms. The van der Waals surface area contributed by atoms with E-state index in [1.165, 1.54) is 16.5 Å². The summed E-state index contributed by atoms with van der Waals surface area (Å²) in [7, 11) is 6.17. The van der Waals surface area contributed by atoms with Gasteiger partial charge in [0.1, 0.15) is 0 Å². The van der Waals surface area contributed by atoms with Crippen molar-refractivity contribution in [3.05, 3.63) is 65.9 Å². The van der Waals surface area contributed by atoms with Crippen LogP contribution in [0.1, 0.15) is 28.9 Å². The predicted molar refractivity (Wildman–Crippen MR) is 115 cm³/mol. The van der Waals surface area contributed by atoms with Crippen LogP contribution in [0.5, 0.6) is 0 Å². The van der Waals surface area contributed by atoms with E-state index in [4.69, 9.17) is 0 Å². The van der Waals surface area contributed by atoms with Crippen molar-refractivity contribution in [2.45, 2.75) is 17.9 Å². The predicted octanol–water partition coefficient (Wildman–Crippen LogP) is 4.32. The van der Waals surface area contributed by atoms with E-state index >= 15 is 0 Å². The lowest BCUT2D eigenvalue weighted by Gasteiger charge is -2.24. The van der Waals surface area contributed by atoms with Crippen LogP contribution in [0.15, 0.2) is 59.6 Å². The van der Waals surface area contributed by atoms with Gasteiger partial charge in [-0.05, 0) is 43.6 Å². The third-order valence-electron chi connectivity index (χ3n) is 4.80. The maximum Gasteiger partial charge on any atom is 0.252 e. The maximum absolute atomic E-state index is 12.8. The Kier molecular flexibility index (Phi) is 6.24. The highest BCUT2D eigenvalue weighted by Gasteiger charge is 2.21. The van der Waals surface area contributed by atoms with E-state index in [1.807, 2.05) is 24.3 Å². The minimum atomic E-state index is -0.0152. The summed E-state index contributed by atoms with van der Waals surface area (Å²) in [4.78, 5) is 16.0. The van der Waals surface area contributed by atoms with Gasteiger partial charge in [0.05, 0.1) is 11.6 Å². The molecule has 0 saturated heterocycles. The third kappa shape index (κ3) is 4.20. The molecular formula is C22H27N3OS. The number of para-hydroxylation sites is 1. The summed E-state index contributed by atoms with van der Waals surface area (Å²) in [5.74, 6) is 0.930. The standard InChI is InChI=1S/C22H27N3OS/c1-5-27-21-13-9-7-11-17(21)22(26)23-14-20(24(2)3)18-15-25(4)19-12-8-6-10-16(18)19/h6-13,15,20H,5,14H2,1-4H3,(H,23,26)/t20-/m1/s1. The summed E-state index contributed by atoms with van der Waals surface area (Å²) in [6.07, 6.45) is 2.17. The first-order valence-electron chi connectivity index (χ1n) is 9.23. The van der Waals surface area contributed by atoms with Gasteiger partial charge in [0.15, 0.2) is 0 Å². The number of aromatic nitrogens is 1. The summed E-state index contributed by atoms with van der Waals surface area (Å²) < 4.78 is 2.15. The van der Waals surface area contributed by atoms with Crippen LogP contribution in [0.2, 0.25) is 0 Å². The molecule has 1 amide bonds. The lowest BCUT2D eigenvalue weighted by molar-refractivity contribution is 0.0939. The van der Waals surface area contributed by atoms with Gasteiger partial charge in [-0.15, -0.1) is 11.8 Å². The molecule has 5 heteroatoms. The van der Waals surface area contributed by atoms with Crippen LogP contribution in [0.4, 0.5) is 0 Å². The molecule has 3 aromatic rings. The Labute approximate surface area is 165 Å². The Morgan fingerprint density at radius 3 is 2.59 bits per heavy atom. The minimum absolute atomic E-state index is 0.0152. The van der Waals surface area contributed by atoms with Crippen molar-refractivity contribution in [1.82, 2.24) is 14.8 Å². The molecule has 0 bridgehead atoms. The fourth-order valence-electron chi connectivity index (χ4n) is 3.43. The summed E-state index contributed by atoms with van der Waals surface area (Å²) in [5.41, 5.74) is 3.18. The van der Waals surface area contributed by atoms with Crippen molar-refractivity contribution in [2.75, 3.05) is 26.4 Å². The van der Waals surface area contributed by atoms with E-state index in [9.17, 15) is 4.79 Å². The number of benzene rings is 2.